The normalized spacial score (nSPS) is 12.3. The molecular formula is C15H26N2O3. The molecule has 0 saturated carbocycles. The maximum Gasteiger partial charge on any atom is 0.124 e. The van der Waals surface area contributed by atoms with Gasteiger partial charge < -0.3 is 14.2 Å². The van der Waals surface area contributed by atoms with Crippen molar-refractivity contribution in [1.29, 1.82) is 0 Å². The fraction of sp³-hybridized carbons (Fsp3) is 0.600. The van der Waals surface area contributed by atoms with Crippen molar-refractivity contribution in [3.05, 3.63) is 29.8 Å². The zero-order valence-corrected chi connectivity index (χ0v) is 12.4. The molecule has 0 aliphatic heterocycles. The molecule has 5 heteroatoms. The summed E-state index contributed by atoms with van der Waals surface area (Å²) < 4.78 is 16.2. The predicted octanol–water partition coefficient (Wildman–Crippen LogP) is 2.03. The van der Waals surface area contributed by atoms with Gasteiger partial charge in [-0.15, -0.1) is 0 Å². The number of hydrogen-bond donors (Lipinski definition) is 2. The summed E-state index contributed by atoms with van der Waals surface area (Å²) in [4.78, 5) is 0. The highest BCUT2D eigenvalue weighted by Gasteiger charge is 2.14. The van der Waals surface area contributed by atoms with Gasteiger partial charge in [-0.3, -0.25) is 11.3 Å². The number of hydrazine groups is 1. The van der Waals surface area contributed by atoms with E-state index < -0.39 is 0 Å². The van der Waals surface area contributed by atoms with Crippen LogP contribution >= 0.6 is 0 Å². The lowest BCUT2D eigenvalue weighted by Gasteiger charge is -2.19. The fourth-order valence-electron chi connectivity index (χ4n) is 1.89. The molecule has 0 spiro atoms. The summed E-state index contributed by atoms with van der Waals surface area (Å²) in [6.45, 7) is 4.63. The maximum absolute atomic E-state index is 5.76. The predicted molar refractivity (Wildman–Crippen MR) is 79.6 cm³/mol. The SMILES string of the molecule is CCCOc1ccccc1C(CCOCCOC)NN. The second kappa shape index (κ2) is 10.6. The molecule has 0 aliphatic carbocycles. The van der Waals surface area contributed by atoms with Gasteiger partial charge in [-0.1, -0.05) is 25.1 Å². The number of benzene rings is 1. The monoisotopic (exact) mass is 282 g/mol. The molecule has 0 aliphatic rings. The first-order valence-electron chi connectivity index (χ1n) is 7.08. The molecule has 0 saturated heterocycles. The molecule has 1 aromatic rings. The average molecular weight is 282 g/mol. The quantitative estimate of drug-likeness (QED) is 0.369. The minimum Gasteiger partial charge on any atom is -0.493 e. The van der Waals surface area contributed by atoms with Gasteiger partial charge in [0.2, 0.25) is 0 Å². The summed E-state index contributed by atoms with van der Waals surface area (Å²) in [6, 6.07) is 7.98. The second-order valence-corrected chi connectivity index (χ2v) is 4.50. The molecule has 0 heterocycles. The minimum atomic E-state index is 0.0191. The first-order valence-corrected chi connectivity index (χ1v) is 7.08. The Morgan fingerprint density at radius 1 is 1.15 bits per heavy atom. The largest absolute Gasteiger partial charge is 0.493 e. The number of para-hydroxylation sites is 1. The van der Waals surface area contributed by atoms with E-state index in [0.717, 1.165) is 24.2 Å². The number of methoxy groups -OCH3 is 1. The van der Waals surface area contributed by atoms with Crippen molar-refractivity contribution in [3.8, 4) is 5.75 Å². The summed E-state index contributed by atoms with van der Waals surface area (Å²) >= 11 is 0. The first-order chi connectivity index (χ1) is 9.83. The van der Waals surface area contributed by atoms with Crippen molar-refractivity contribution in [1.82, 2.24) is 5.43 Å². The van der Waals surface area contributed by atoms with Gasteiger partial charge in [0.15, 0.2) is 0 Å². The van der Waals surface area contributed by atoms with E-state index in [2.05, 4.69) is 12.3 Å². The zero-order chi connectivity index (χ0) is 14.6. The van der Waals surface area contributed by atoms with Crippen molar-refractivity contribution >= 4 is 0 Å². The van der Waals surface area contributed by atoms with Crippen molar-refractivity contribution in [3.63, 3.8) is 0 Å². The van der Waals surface area contributed by atoms with Gasteiger partial charge in [-0.05, 0) is 18.9 Å². The molecule has 5 nitrogen and oxygen atoms in total. The van der Waals surface area contributed by atoms with E-state index in [1.54, 1.807) is 7.11 Å². The number of rotatable bonds is 11. The molecule has 114 valence electrons. The maximum atomic E-state index is 5.76. The molecule has 0 amide bonds. The van der Waals surface area contributed by atoms with Crippen LogP contribution in [0.3, 0.4) is 0 Å². The van der Waals surface area contributed by atoms with Gasteiger partial charge in [0.25, 0.3) is 0 Å². The third-order valence-corrected chi connectivity index (χ3v) is 2.94. The van der Waals surface area contributed by atoms with E-state index in [1.165, 1.54) is 0 Å². The Morgan fingerprint density at radius 2 is 1.95 bits per heavy atom. The highest BCUT2D eigenvalue weighted by atomic mass is 16.5. The molecule has 20 heavy (non-hydrogen) atoms. The minimum absolute atomic E-state index is 0.0191. The fourth-order valence-corrected chi connectivity index (χ4v) is 1.89. The summed E-state index contributed by atoms with van der Waals surface area (Å²) in [7, 11) is 1.66. The summed E-state index contributed by atoms with van der Waals surface area (Å²) in [5.41, 5.74) is 3.90. The number of nitrogens with two attached hydrogens (primary N) is 1. The number of ether oxygens (including phenoxy) is 3. The van der Waals surface area contributed by atoms with Crippen molar-refractivity contribution < 1.29 is 14.2 Å². The van der Waals surface area contributed by atoms with E-state index in [0.29, 0.717) is 26.4 Å². The third-order valence-electron chi connectivity index (χ3n) is 2.94. The standard InChI is InChI=1S/C15H26N2O3/c1-3-9-20-15-7-5-4-6-13(15)14(17-16)8-10-19-12-11-18-2/h4-7,14,17H,3,8-12,16H2,1-2H3. The Bertz CT molecular complexity index is 361. The Labute approximate surface area is 121 Å². The Balaban J connectivity index is 2.55. The Kier molecular flexibility index (Phi) is 8.98. The average Bonchev–Trinajstić information content (AvgIpc) is 2.49. The van der Waals surface area contributed by atoms with Crippen LogP contribution in [0.2, 0.25) is 0 Å². The van der Waals surface area contributed by atoms with Crippen molar-refractivity contribution in [2.75, 3.05) is 33.5 Å². The van der Waals surface area contributed by atoms with Crippen LogP contribution in [-0.2, 0) is 9.47 Å². The molecular weight excluding hydrogens is 256 g/mol. The molecule has 0 aromatic heterocycles. The van der Waals surface area contributed by atoms with E-state index in [1.807, 2.05) is 24.3 Å². The van der Waals surface area contributed by atoms with E-state index in [9.17, 15) is 0 Å². The third kappa shape index (κ3) is 5.88. The lowest BCUT2D eigenvalue weighted by atomic mass is 10.0. The van der Waals surface area contributed by atoms with Crippen LogP contribution in [0.25, 0.3) is 0 Å². The van der Waals surface area contributed by atoms with Crippen molar-refractivity contribution in [2.45, 2.75) is 25.8 Å². The van der Waals surface area contributed by atoms with Gasteiger partial charge in [0.05, 0.1) is 25.9 Å². The van der Waals surface area contributed by atoms with E-state index in [-0.39, 0.29) is 6.04 Å². The van der Waals surface area contributed by atoms with Gasteiger partial charge in [-0.25, -0.2) is 0 Å². The second-order valence-electron chi connectivity index (χ2n) is 4.50. The van der Waals surface area contributed by atoms with Crippen LogP contribution in [0.4, 0.5) is 0 Å². The van der Waals surface area contributed by atoms with Crippen LogP contribution in [0, 0.1) is 0 Å². The highest BCUT2D eigenvalue weighted by molar-refractivity contribution is 5.35. The summed E-state index contributed by atoms with van der Waals surface area (Å²) in [5, 5.41) is 0. The molecule has 3 N–H and O–H groups in total. The molecule has 0 radical (unpaired) electrons. The smallest absolute Gasteiger partial charge is 0.124 e. The highest BCUT2D eigenvalue weighted by Crippen LogP contribution is 2.26. The van der Waals surface area contributed by atoms with Crippen molar-refractivity contribution in [2.24, 2.45) is 5.84 Å². The van der Waals surface area contributed by atoms with E-state index >= 15 is 0 Å². The summed E-state index contributed by atoms with van der Waals surface area (Å²) in [5.74, 6) is 6.54. The van der Waals surface area contributed by atoms with Gasteiger partial charge in [0.1, 0.15) is 5.75 Å². The zero-order valence-electron chi connectivity index (χ0n) is 12.4. The topological polar surface area (TPSA) is 65.7 Å². The van der Waals surface area contributed by atoms with Gasteiger partial charge in [0, 0.05) is 19.3 Å². The molecule has 0 bridgehead atoms. The van der Waals surface area contributed by atoms with Crippen LogP contribution in [0.15, 0.2) is 24.3 Å². The molecule has 0 fully saturated rings. The van der Waals surface area contributed by atoms with Crippen LogP contribution in [0.5, 0.6) is 5.75 Å². The lowest BCUT2D eigenvalue weighted by Crippen LogP contribution is -2.29. The molecule has 1 atom stereocenters. The summed E-state index contributed by atoms with van der Waals surface area (Å²) in [6.07, 6.45) is 1.77. The van der Waals surface area contributed by atoms with Crippen LogP contribution < -0.4 is 16.0 Å². The number of hydrogen-bond acceptors (Lipinski definition) is 5. The Morgan fingerprint density at radius 3 is 2.65 bits per heavy atom. The van der Waals surface area contributed by atoms with Crippen LogP contribution in [-0.4, -0.2) is 33.5 Å². The lowest BCUT2D eigenvalue weighted by molar-refractivity contribution is 0.0656. The molecule has 1 rings (SSSR count). The first kappa shape index (κ1) is 16.9. The molecule has 1 unspecified atom stereocenters. The number of nitrogens with one attached hydrogen (secondary N) is 1. The van der Waals surface area contributed by atoms with Gasteiger partial charge >= 0.3 is 0 Å². The van der Waals surface area contributed by atoms with Crippen LogP contribution in [0.1, 0.15) is 31.4 Å². The molecule has 1 aromatic carbocycles. The van der Waals surface area contributed by atoms with E-state index in [4.69, 9.17) is 20.1 Å². The van der Waals surface area contributed by atoms with Gasteiger partial charge in [-0.2, -0.15) is 0 Å². The Hall–Kier alpha value is -1.14.